The van der Waals surface area contributed by atoms with Crippen LogP contribution in [0.3, 0.4) is 0 Å². The molecule has 26 nitrogen and oxygen atoms in total. The van der Waals surface area contributed by atoms with Crippen LogP contribution in [0.5, 0.6) is 0 Å². The number of amides is 1. The van der Waals surface area contributed by atoms with Crippen molar-refractivity contribution in [3.8, 4) is 0 Å². The Kier molecular flexibility index (Phi) is 953. The zero-order valence-corrected chi connectivity index (χ0v) is 68.0. The maximum Gasteiger partial charge on any atom is 0.219 e. The molecule has 95 heavy (non-hydrogen) atoms. The molecule has 1 amide bonds. The SMILES string of the molecule is C=O.C=O.C=O.C=O.C=O.C=O.C=O.C=O.C=O.C=O.C=O.C=O.CC.CC.CC(=O)N1CCCCC1.CC(C)C.CCC.CCC(C)C.CCC(C)C.CCC(C)C.CCc1ccccc1.CCc1ccccc1.CN.CN.CN.CN.CN.CN.CN.CN.N.N.N.N. The minimum atomic E-state index is 0. The summed E-state index contributed by atoms with van der Waals surface area (Å²) in [6, 6.07) is 20.9. The van der Waals surface area contributed by atoms with E-state index in [0.29, 0.717) is 0 Å². The molecule has 1 aliphatic rings. The minimum absolute atomic E-state index is 0. The Morgan fingerprint density at radius 3 is 0.505 bits per heavy atom. The summed E-state index contributed by atoms with van der Waals surface area (Å²) < 4.78 is 0. The van der Waals surface area contributed by atoms with E-state index in [1.165, 1.54) is 112 Å². The standard InChI is InChI=1S/2C8H10.C7H13NO.3C5H12.C4H10.C3H8.2C2H6.8CH5N.12CH2O.4H3N/c2*1-2-8-6-4-3-5-7-8;1-7(9)8-5-3-2-4-6-8;3*1-4-5(2)3;1-4(2)3;1-3-2;22*1-2;;;;/h2*3-7H,2H2,1H3;2-6H2,1H3;3*5H,4H2,1-3H3;4H,1-3H3;3H2,1-2H3;2*1-2H3;8*2H2,1H3;12*1H2;4*1H3. The quantitative estimate of drug-likeness (QED) is 0.132. The van der Waals surface area contributed by atoms with Crippen molar-refractivity contribution in [3.63, 3.8) is 0 Å². The summed E-state index contributed by atoms with van der Waals surface area (Å²) in [5.41, 5.74) is 38.8. The summed E-state index contributed by atoms with van der Waals surface area (Å²) in [6.07, 6.45) is 11.1. The lowest BCUT2D eigenvalue weighted by Crippen LogP contribution is -2.33. The van der Waals surface area contributed by atoms with E-state index in [1.54, 1.807) is 6.92 Å². The fourth-order valence-corrected chi connectivity index (χ4v) is 2.64. The van der Waals surface area contributed by atoms with Crippen molar-refractivity contribution < 1.29 is 62.3 Å². The van der Waals surface area contributed by atoms with Gasteiger partial charge in [0.25, 0.3) is 0 Å². The Hall–Kier alpha value is -6.53. The second kappa shape index (κ2) is 442. The molecule has 1 aliphatic heterocycles. The van der Waals surface area contributed by atoms with Crippen molar-refractivity contribution in [1.29, 1.82) is 0 Å². The van der Waals surface area contributed by atoms with Crippen molar-refractivity contribution in [3.05, 3.63) is 71.8 Å². The minimum Gasteiger partial charge on any atom is -0.344 e. The van der Waals surface area contributed by atoms with E-state index in [2.05, 4.69) is 205 Å². The lowest BCUT2D eigenvalue weighted by atomic mass is 10.1. The number of piperidine rings is 1. The van der Waals surface area contributed by atoms with Crippen LogP contribution >= 0.6 is 0 Å². The molecule has 1 saturated heterocycles. The van der Waals surface area contributed by atoms with Crippen LogP contribution in [-0.4, -0.2) is 162 Å². The first-order valence-corrected chi connectivity index (χ1v) is 29.5. The maximum atomic E-state index is 10.7. The fourth-order valence-electron chi connectivity index (χ4n) is 2.64. The number of carbonyl (C=O) groups excluding carboxylic acids is 13. The zero-order chi connectivity index (χ0) is 81.5. The smallest absolute Gasteiger partial charge is 0.219 e. The second-order valence-corrected chi connectivity index (χ2v) is 14.1. The molecular weight excluding hydrogens is 1220 g/mol. The molecule has 0 spiro atoms. The van der Waals surface area contributed by atoms with Gasteiger partial charge in [-0.25, -0.2) is 0 Å². The Morgan fingerprint density at radius 2 is 0.442 bits per heavy atom. The van der Waals surface area contributed by atoms with Crippen LogP contribution in [-0.2, 0) is 75.2 Å². The predicted molar refractivity (Wildman–Crippen MR) is 429 cm³/mol. The Morgan fingerprint density at radius 1 is 0.326 bits per heavy atom. The summed E-state index contributed by atoms with van der Waals surface area (Å²) in [4.78, 5) is 109. The summed E-state index contributed by atoms with van der Waals surface area (Å²) in [5.74, 6) is 3.72. The van der Waals surface area contributed by atoms with Crippen LogP contribution in [0.15, 0.2) is 60.7 Å². The Bertz CT molecular complexity index is 962. The van der Waals surface area contributed by atoms with Gasteiger partial charge in [0.05, 0.1) is 0 Å². The molecule has 0 unspecified atom stereocenters. The van der Waals surface area contributed by atoms with Crippen molar-refractivity contribution >= 4 is 87.4 Å². The number of nitrogens with zero attached hydrogens (tertiary/aromatic N) is 1. The van der Waals surface area contributed by atoms with Gasteiger partial charge in [-0.1, -0.05) is 225 Å². The summed E-state index contributed by atoms with van der Waals surface area (Å²) in [7, 11) is 12.0. The normalized spacial score (nSPS) is 6.64. The van der Waals surface area contributed by atoms with Gasteiger partial charge in [0.2, 0.25) is 5.91 Å². The van der Waals surface area contributed by atoms with E-state index in [9.17, 15) is 4.79 Å². The van der Waals surface area contributed by atoms with Crippen LogP contribution in [0.1, 0.15) is 201 Å². The van der Waals surface area contributed by atoms with E-state index in [0.717, 1.165) is 49.6 Å². The molecule has 0 aliphatic carbocycles. The molecule has 0 saturated carbocycles. The number of likely N-dealkylation sites (tertiary alicyclic amines) is 1. The molecule has 2 aromatic rings. The van der Waals surface area contributed by atoms with E-state index >= 15 is 0 Å². The zero-order valence-electron chi connectivity index (χ0n) is 68.0. The van der Waals surface area contributed by atoms with Crippen molar-refractivity contribution in [2.24, 2.45) is 69.5 Å². The maximum absolute atomic E-state index is 10.7. The first-order chi connectivity index (χ1) is 44.1. The van der Waals surface area contributed by atoms with Crippen LogP contribution in [0.2, 0.25) is 0 Å². The number of hydrogen-bond donors (Lipinski definition) is 12. The number of nitrogens with two attached hydrogens (primary N) is 8. The average Bonchev–Trinajstić information content (AvgIpc) is 3.80. The molecule has 0 aromatic heterocycles. The first kappa shape index (κ1) is 205. The molecule has 2 aromatic carbocycles. The van der Waals surface area contributed by atoms with Crippen LogP contribution < -0.4 is 70.5 Å². The van der Waals surface area contributed by atoms with Crippen molar-refractivity contribution in [2.45, 2.75) is 203 Å². The highest BCUT2D eigenvalue weighted by atomic mass is 16.2. The molecule has 0 atom stereocenters. The van der Waals surface area contributed by atoms with Gasteiger partial charge in [0.1, 0.15) is 81.5 Å². The molecule has 3 rings (SSSR count). The van der Waals surface area contributed by atoms with E-state index in [1.807, 2.05) is 126 Å². The summed E-state index contributed by atoms with van der Waals surface area (Å²) in [6.45, 7) is 70.6. The van der Waals surface area contributed by atoms with E-state index < -0.39 is 0 Å². The lowest BCUT2D eigenvalue weighted by molar-refractivity contribution is -0.129. The molecular formula is C69H175N13O13. The average molecular weight is 1400 g/mol. The third-order valence-electron chi connectivity index (χ3n) is 6.75. The first-order valence-electron chi connectivity index (χ1n) is 29.5. The third-order valence-corrected chi connectivity index (χ3v) is 6.75. The molecule has 594 valence electrons. The Labute approximate surface area is 591 Å². The molecule has 28 N–H and O–H groups in total. The van der Waals surface area contributed by atoms with E-state index in [-0.39, 0.29) is 30.5 Å². The molecule has 26 heteroatoms. The number of rotatable bonds is 5. The van der Waals surface area contributed by atoms with Gasteiger partial charge in [-0.05, 0) is 123 Å². The highest BCUT2D eigenvalue weighted by molar-refractivity contribution is 5.73. The number of carbonyl (C=O) groups is 13. The monoisotopic (exact) mass is 1390 g/mol. The number of hydrogen-bond acceptors (Lipinski definition) is 25. The van der Waals surface area contributed by atoms with E-state index in [4.69, 9.17) is 57.5 Å². The largest absolute Gasteiger partial charge is 0.344 e. The van der Waals surface area contributed by atoms with Crippen molar-refractivity contribution in [1.82, 2.24) is 29.5 Å². The third kappa shape index (κ3) is 645. The predicted octanol–water partition coefficient (Wildman–Crippen LogP) is 11.8. The molecule has 1 fully saturated rings. The summed E-state index contributed by atoms with van der Waals surface area (Å²) >= 11 is 0. The second-order valence-electron chi connectivity index (χ2n) is 14.1. The lowest BCUT2D eigenvalue weighted by Gasteiger charge is -2.24. The highest BCUT2D eigenvalue weighted by Crippen LogP contribution is 2.07. The van der Waals surface area contributed by atoms with Crippen LogP contribution in [0.25, 0.3) is 0 Å². The molecule has 0 radical (unpaired) electrons. The molecule has 0 bridgehead atoms. The van der Waals surface area contributed by atoms with Gasteiger partial charge in [-0.3, -0.25) is 4.79 Å². The van der Waals surface area contributed by atoms with Gasteiger partial charge in [0, 0.05) is 20.0 Å². The van der Waals surface area contributed by atoms with Crippen LogP contribution in [0.4, 0.5) is 0 Å². The topological polar surface area (TPSA) is 573 Å². The molecule has 1 heterocycles. The van der Waals surface area contributed by atoms with Gasteiger partial charge < -0.3 is 133 Å². The number of aryl methyl sites for hydroxylation is 2. The van der Waals surface area contributed by atoms with Crippen molar-refractivity contribution in [2.75, 3.05) is 69.5 Å². The fraction of sp³-hybridized carbons (Fsp3) is 0.638. The Balaban J connectivity index is -0.0000000157. The highest BCUT2D eigenvalue weighted by Gasteiger charge is 2.11. The summed E-state index contributed by atoms with van der Waals surface area (Å²) in [5, 5.41) is 0. The number of benzene rings is 2. The van der Waals surface area contributed by atoms with Gasteiger partial charge in [-0.2, -0.15) is 0 Å². The van der Waals surface area contributed by atoms with Gasteiger partial charge >= 0.3 is 0 Å². The van der Waals surface area contributed by atoms with Gasteiger partial charge in [-0.15, -0.1) is 0 Å². The van der Waals surface area contributed by atoms with Gasteiger partial charge in [0.15, 0.2) is 0 Å². The van der Waals surface area contributed by atoms with Crippen LogP contribution in [0, 0.1) is 23.7 Å².